The first-order valence-electron chi connectivity index (χ1n) is 7.24. The maximum atomic E-state index is 11.9. The second-order valence-electron chi connectivity index (χ2n) is 4.93. The van der Waals surface area contributed by atoms with E-state index in [4.69, 9.17) is 22.7 Å². The molecule has 2 aromatic rings. The molecule has 2 aromatic carbocycles. The Morgan fingerprint density at radius 3 is 2.50 bits per heavy atom. The number of carbonyl (C=O) groups is 2. The van der Waals surface area contributed by atoms with Crippen LogP contribution in [0.3, 0.4) is 0 Å². The number of carbonyl (C=O) groups excluding carboxylic acids is 2. The quantitative estimate of drug-likeness (QED) is 0.397. The second kappa shape index (κ2) is 8.53. The number of rotatable bonds is 6. The molecule has 0 atom stereocenters. The average Bonchev–Trinajstić information content (AvgIpc) is 2.60. The summed E-state index contributed by atoms with van der Waals surface area (Å²) >= 11 is 5.00. The van der Waals surface area contributed by atoms with E-state index in [1.165, 1.54) is 24.3 Å². The number of thiocarbonyl (C=S) groups is 1. The molecule has 0 spiro atoms. The number of nitrogens with zero attached hydrogens (tertiary/aromatic N) is 1. The first-order valence-corrected chi connectivity index (χ1v) is 7.65. The van der Waals surface area contributed by atoms with E-state index in [0.29, 0.717) is 5.69 Å². The van der Waals surface area contributed by atoms with E-state index in [0.717, 1.165) is 0 Å². The highest BCUT2D eigenvalue weighted by Crippen LogP contribution is 2.25. The molecule has 26 heavy (non-hydrogen) atoms. The molecule has 0 aliphatic heterocycles. The van der Waals surface area contributed by atoms with E-state index in [1.54, 1.807) is 24.3 Å². The molecule has 2 rings (SSSR count). The number of nitro benzene ring substituents is 1. The van der Waals surface area contributed by atoms with Crippen molar-refractivity contribution in [2.24, 2.45) is 5.73 Å². The molecular formula is C16H14N4O5S. The van der Waals surface area contributed by atoms with Crippen LogP contribution in [0.4, 0.5) is 11.4 Å². The Morgan fingerprint density at radius 2 is 1.81 bits per heavy atom. The minimum Gasteiger partial charge on any atom is -0.477 e. The van der Waals surface area contributed by atoms with Crippen LogP contribution in [-0.4, -0.2) is 28.5 Å². The van der Waals surface area contributed by atoms with Gasteiger partial charge in [0, 0.05) is 6.07 Å². The lowest BCUT2D eigenvalue weighted by molar-refractivity contribution is -0.385. The third-order valence-electron chi connectivity index (χ3n) is 3.11. The Labute approximate surface area is 153 Å². The number of benzene rings is 2. The van der Waals surface area contributed by atoms with Crippen molar-refractivity contribution >= 4 is 40.5 Å². The lowest BCUT2D eigenvalue weighted by Gasteiger charge is -2.12. The summed E-state index contributed by atoms with van der Waals surface area (Å²) in [6.07, 6.45) is 0. The van der Waals surface area contributed by atoms with Gasteiger partial charge >= 0.3 is 5.69 Å². The lowest BCUT2D eigenvalue weighted by atomic mass is 10.1. The molecule has 0 aromatic heterocycles. The van der Waals surface area contributed by atoms with Gasteiger partial charge in [-0.2, -0.15) is 0 Å². The molecule has 0 saturated carbocycles. The zero-order valence-corrected chi connectivity index (χ0v) is 14.1. The van der Waals surface area contributed by atoms with Gasteiger partial charge in [0.15, 0.2) is 17.5 Å². The maximum absolute atomic E-state index is 11.9. The van der Waals surface area contributed by atoms with Crippen LogP contribution < -0.4 is 21.1 Å². The van der Waals surface area contributed by atoms with Crippen LogP contribution in [0.25, 0.3) is 0 Å². The first kappa shape index (κ1) is 18.8. The highest BCUT2D eigenvalue weighted by Gasteiger charge is 2.15. The number of amides is 2. The van der Waals surface area contributed by atoms with Crippen molar-refractivity contribution in [3.63, 3.8) is 0 Å². The highest BCUT2D eigenvalue weighted by molar-refractivity contribution is 7.80. The molecule has 0 radical (unpaired) electrons. The largest absolute Gasteiger partial charge is 0.477 e. The smallest absolute Gasteiger partial charge is 0.310 e. The minimum atomic E-state index is -0.651. The van der Waals surface area contributed by atoms with Crippen molar-refractivity contribution in [1.29, 1.82) is 0 Å². The number of nitrogens with two attached hydrogens (primary N) is 1. The van der Waals surface area contributed by atoms with Gasteiger partial charge in [-0.25, -0.2) is 0 Å². The molecule has 134 valence electrons. The molecule has 0 aliphatic rings. The summed E-state index contributed by atoms with van der Waals surface area (Å²) in [7, 11) is 0. The molecule has 0 heterocycles. The standard InChI is InChI=1S/C16H14N4O5S/c17-15(22)10-5-1-2-6-11(10)18-16(26)19-14(21)9-25-13-8-4-3-7-12(13)20(23)24/h1-8H,9H2,(H2,17,22)(H2,18,19,21,26). The average molecular weight is 374 g/mol. The highest BCUT2D eigenvalue weighted by atomic mass is 32.1. The number of nitrogens with one attached hydrogen (secondary N) is 2. The van der Waals surface area contributed by atoms with Crippen LogP contribution in [0.15, 0.2) is 48.5 Å². The summed E-state index contributed by atoms with van der Waals surface area (Å²) in [5, 5.41) is 15.8. The van der Waals surface area contributed by atoms with Crippen LogP contribution in [0.2, 0.25) is 0 Å². The SMILES string of the molecule is NC(=O)c1ccccc1NC(=S)NC(=O)COc1ccccc1[N+](=O)[O-]. The van der Waals surface area contributed by atoms with E-state index in [2.05, 4.69) is 10.6 Å². The number of nitro groups is 1. The van der Waals surface area contributed by atoms with Crippen molar-refractivity contribution in [1.82, 2.24) is 5.32 Å². The predicted molar refractivity (Wildman–Crippen MR) is 97.9 cm³/mol. The summed E-state index contributed by atoms with van der Waals surface area (Å²) in [5.74, 6) is -1.32. The number of anilines is 1. The second-order valence-corrected chi connectivity index (χ2v) is 5.33. The summed E-state index contributed by atoms with van der Waals surface area (Å²) < 4.78 is 5.16. The lowest BCUT2D eigenvalue weighted by Crippen LogP contribution is -2.37. The van der Waals surface area contributed by atoms with E-state index >= 15 is 0 Å². The van der Waals surface area contributed by atoms with Gasteiger partial charge in [0.25, 0.3) is 11.8 Å². The zero-order chi connectivity index (χ0) is 19.1. The van der Waals surface area contributed by atoms with Gasteiger partial charge in [-0.1, -0.05) is 24.3 Å². The van der Waals surface area contributed by atoms with Crippen LogP contribution in [0.1, 0.15) is 10.4 Å². The Morgan fingerprint density at radius 1 is 1.15 bits per heavy atom. The van der Waals surface area contributed by atoms with Crippen LogP contribution in [0, 0.1) is 10.1 Å². The summed E-state index contributed by atoms with van der Waals surface area (Å²) in [6, 6.07) is 12.1. The molecule has 0 bridgehead atoms. The van der Waals surface area contributed by atoms with Crippen molar-refractivity contribution < 1.29 is 19.2 Å². The fourth-order valence-electron chi connectivity index (χ4n) is 2.00. The van der Waals surface area contributed by atoms with E-state index < -0.39 is 23.3 Å². The fraction of sp³-hybridized carbons (Fsp3) is 0.0625. The summed E-state index contributed by atoms with van der Waals surface area (Å²) in [4.78, 5) is 33.5. The third-order valence-corrected chi connectivity index (χ3v) is 3.32. The number of primary amides is 1. The Bertz CT molecular complexity index is 871. The van der Waals surface area contributed by atoms with Crippen molar-refractivity contribution in [2.75, 3.05) is 11.9 Å². The van der Waals surface area contributed by atoms with Gasteiger partial charge in [-0.15, -0.1) is 0 Å². The summed E-state index contributed by atoms with van der Waals surface area (Å²) in [6.45, 7) is -0.482. The molecule has 9 nitrogen and oxygen atoms in total. The van der Waals surface area contributed by atoms with Gasteiger partial charge in [0.05, 0.1) is 16.2 Å². The molecule has 0 fully saturated rings. The topological polar surface area (TPSA) is 137 Å². The van der Waals surface area contributed by atoms with Gasteiger partial charge in [-0.05, 0) is 30.4 Å². The minimum absolute atomic E-state index is 0.0365. The molecule has 0 aliphatic carbocycles. The van der Waals surface area contributed by atoms with E-state index in [9.17, 15) is 19.7 Å². The molecule has 10 heteroatoms. The fourth-order valence-corrected chi connectivity index (χ4v) is 2.22. The predicted octanol–water partition coefficient (Wildman–Crippen LogP) is 1.59. The summed E-state index contributed by atoms with van der Waals surface area (Å²) in [5.41, 5.74) is 5.55. The number of ether oxygens (including phenoxy) is 1. The molecular weight excluding hydrogens is 360 g/mol. The third kappa shape index (κ3) is 4.98. The maximum Gasteiger partial charge on any atom is 0.310 e. The Balaban J connectivity index is 1.94. The normalized spacial score (nSPS) is 9.85. The van der Waals surface area contributed by atoms with Crippen LogP contribution in [0.5, 0.6) is 5.75 Å². The number of para-hydroxylation sites is 3. The Kier molecular flexibility index (Phi) is 6.17. The Hall–Kier alpha value is -3.53. The van der Waals surface area contributed by atoms with Gasteiger partial charge < -0.3 is 15.8 Å². The van der Waals surface area contributed by atoms with E-state index in [1.807, 2.05) is 0 Å². The van der Waals surface area contributed by atoms with E-state index in [-0.39, 0.29) is 22.1 Å². The molecule has 2 amide bonds. The van der Waals surface area contributed by atoms with Crippen LogP contribution >= 0.6 is 12.2 Å². The van der Waals surface area contributed by atoms with Crippen molar-refractivity contribution in [2.45, 2.75) is 0 Å². The molecule has 0 saturated heterocycles. The monoisotopic (exact) mass is 374 g/mol. The molecule has 0 unspecified atom stereocenters. The van der Waals surface area contributed by atoms with Crippen molar-refractivity contribution in [3.05, 3.63) is 64.2 Å². The molecule has 4 N–H and O–H groups in total. The van der Waals surface area contributed by atoms with Gasteiger partial charge in [-0.3, -0.25) is 25.0 Å². The zero-order valence-electron chi connectivity index (χ0n) is 13.3. The van der Waals surface area contributed by atoms with Crippen molar-refractivity contribution in [3.8, 4) is 5.75 Å². The van der Waals surface area contributed by atoms with Gasteiger partial charge in [0.1, 0.15) is 0 Å². The first-order chi connectivity index (χ1) is 12.4. The van der Waals surface area contributed by atoms with Crippen LogP contribution in [-0.2, 0) is 4.79 Å². The number of hydrogen-bond acceptors (Lipinski definition) is 6. The number of hydrogen-bond donors (Lipinski definition) is 3. The van der Waals surface area contributed by atoms with Gasteiger partial charge in [0.2, 0.25) is 0 Å².